The summed E-state index contributed by atoms with van der Waals surface area (Å²) in [7, 11) is 0. The number of rotatable bonds is 1. The van der Waals surface area contributed by atoms with Crippen LogP contribution >= 0.6 is 34.2 Å². The van der Waals surface area contributed by atoms with Crippen molar-refractivity contribution in [3.05, 3.63) is 27.6 Å². The van der Waals surface area contributed by atoms with E-state index in [2.05, 4.69) is 4.98 Å². The fraction of sp³-hybridized carbons (Fsp3) is 0.167. The van der Waals surface area contributed by atoms with Crippen LogP contribution in [0.4, 0.5) is 4.39 Å². The second kappa shape index (κ2) is 3.48. The van der Waals surface area contributed by atoms with Crippen molar-refractivity contribution in [2.45, 2.75) is 5.63 Å². The van der Waals surface area contributed by atoms with Gasteiger partial charge in [0.15, 0.2) is 0 Å². The van der Waals surface area contributed by atoms with Crippen LogP contribution in [0.1, 0.15) is 11.3 Å². The molecule has 0 fully saturated rings. The number of nitrogens with zero attached hydrogens (tertiary/aromatic N) is 1. The van der Waals surface area contributed by atoms with Gasteiger partial charge in [-0.15, -0.1) is 0 Å². The fourth-order valence-corrected chi connectivity index (χ4v) is 1.54. The van der Waals surface area contributed by atoms with Crippen molar-refractivity contribution in [2.75, 3.05) is 0 Å². The predicted molar refractivity (Wildman–Crippen MR) is 46.7 cm³/mol. The molecule has 0 aliphatic heterocycles. The Bertz CT molecular complexity index is 229. The van der Waals surface area contributed by atoms with E-state index in [1.807, 2.05) is 22.6 Å². The van der Waals surface area contributed by atoms with Crippen LogP contribution in [0, 0.1) is 3.57 Å². The molecule has 0 N–H and O–H groups in total. The van der Waals surface area contributed by atoms with Crippen molar-refractivity contribution in [3.63, 3.8) is 0 Å². The summed E-state index contributed by atoms with van der Waals surface area (Å²) in [6, 6.07) is 3.50. The Balaban J connectivity index is 3.03. The van der Waals surface area contributed by atoms with Crippen LogP contribution in [-0.4, -0.2) is 4.98 Å². The summed E-state index contributed by atoms with van der Waals surface area (Å²) in [6.07, 6.45) is 1.52. The van der Waals surface area contributed by atoms with Crippen molar-refractivity contribution in [1.29, 1.82) is 0 Å². The van der Waals surface area contributed by atoms with Gasteiger partial charge >= 0.3 is 0 Å². The third-order valence-electron chi connectivity index (χ3n) is 0.994. The first kappa shape index (κ1) is 8.20. The Labute approximate surface area is 76.7 Å². The van der Waals surface area contributed by atoms with Crippen molar-refractivity contribution in [1.82, 2.24) is 4.98 Å². The van der Waals surface area contributed by atoms with Gasteiger partial charge in [0.1, 0.15) is 5.69 Å². The number of alkyl halides is 2. The summed E-state index contributed by atoms with van der Waals surface area (Å²) >= 11 is 7.16. The highest BCUT2D eigenvalue weighted by atomic mass is 127. The molecular formula is C6H4ClFIN. The average Bonchev–Trinajstić information content (AvgIpc) is 1.88. The molecule has 1 atom stereocenters. The minimum absolute atomic E-state index is 0.296. The average molecular weight is 271 g/mol. The maximum absolute atomic E-state index is 12.4. The van der Waals surface area contributed by atoms with Crippen LogP contribution in [-0.2, 0) is 0 Å². The molecular weight excluding hydrogens is 267 g/mol. The molecule has 1 aromatic heterocycles. The number of pyridine rings is 1. The second-order valence-corrected chi connectivity index (χ2v) is 3.22. The number of hydrogen-bond acceptors (Lipinski definition) is 1. The first-order chi connectivity index (χ1) is 4.72. The quantitative estimate of drug-likeness (QED) is 0.565. The first-order valence-electron chi connectivity index (χ1n) is 2.60. The molecule has 0 radical (unpaired) electrons. The van der Waals surface area contributed by atoms with Gasteiger partial charge in [0, 0.05) is 9.77 Å². The molecule has 1 unspecified atom stereocenters. The lowest BCUT2D eigenvalue weighted by atomic mass is 10.4. The van der Waals surface area contributed by atoms with Crippen molar-refractivity contribution in [2.24, 2.45) is 0 Å². The van der Waals surface area contributed by atoms with Gasteiger partial charge in [-0.05, 0) is 34.7 Å². The van der Waals surface area contributed by atoms with E-state index in [0.717, 1.165) is 3.57 Å². The van der Waals surface area contributed by atoms with Crippen LogP contribution in [0.25, 0.3) is 0 Å². The van der Waals surface area contributed by atoms with Crippen LogP contribution in [0.2, 0.25) is 0 Å². The monoisotopic (exact) mass is 271 g/mol. The van der Waals surface area contributed by atoms with E-state index in [1.165, 1.54) is 6.20 Å². The van der Waals surface area contributed by atoms with E-state index in [0.29, 0.717) is 5.69 Å². The maximum atomic E-state index is 12.4. The Morgan fingerprint density at radius 1 is 1.70 bits per heavy atom. The summed E-state index contributed by atoms with van der Waals surface area (Å²) in [5, 5.41) is 0. The molecule has 4 heteroatoms. The summed E-state index contributed by atoms with van der Waals surface area (Å²) in [4.78, 5) is 3.76. The van der Waals surface area contributed by atoms with Gasteiger partial charge < -0.3 is 0 Å². The van der Waals surface area contributed by atoms with Gasteiger partial charge in [-0.25, -0.2) is 4.39 Å². The Hall–Kier alpha value is 0.100. The van der Waals surface area contributed by atoms with E-state index in [1.54, 1.807) is 12.1 Å². The predicted octanol–water partition coefficient (Wildman–Crippen LogP) is 2.89. The molecule has 0 spiro atoms. The van der Waals surface area contributed by atoms with Crippen LogP contribution in [0.3, 0.4) is 0 Å². The minimum atomic E-state index is -1.49. The van der Waals surface area contributed by atoms with Gasteiger partial charge in [-0.1, -0.05) is 11.6 Å². The molecule has 0 aliphatic carbocycles. The molecule has 1 nitrogen and oxygen atoms in total. The van der Waals surface area contributed by atoms with E-state index in [4.69, 9.17) is 11.6 Å². The molecule has 0 aromatic carbocycles. The standard InChI is InChI=1S/C6H4ClFIN/c7-6(8)5-4(9)2-1-3-10-5/h1-3,6H. The molecule has 54 valence electrons. The van der Waals surface area contributed by atoms with Gasteiger partial charge in [0.05, 0.1) is 0 Å². The number of halogens is 3. The Morgan fingerprint density at radius 3 is 2.80 bits per heavy atom. The summed E-state index contributed by atoms with van der Waals surface area (Å²) in [5.74, 6) is 0. The number of hydrogen-bond donors (Lipinski definition) is 0. The highest BCUT2D eigenvalue weighted by Crippen LogP contribution is 2.23. The largest absolute Gasteiger partial charge is 0.256 e. The highest BCUT2D eigenvalue weighted by molar-refractivity contribution is 14.1. The summed E-state index contributed by atoms with van der Waals surface area (Å²) < 4.78 is 13.1. The molecule has 0 aliphatic rings. The topological polar surface area (TPSA) is 12.9 Å². The second-order valence-electron chi connectivity index (χ2n) is 1.67. The van der Waals surface area contributed by atoms with Crippen LogP contribution < -0.4 is 0 Å². The lowest BCUT2D eigenvalue weighted by Gasteiger charge is -1.99. The van der Waals surface area contributed by atoms with E-state index < -0.39 is 5.63 Å². The van der Waals surface area contributed by atoms with E-state index in [9.17, 15) is 4.39 Å². The van der Waals surface area contributed by atoms with Gasteiger partial charge in [-0.2, -0.15) is 0 Å². The maximum Gasteiger partial charge on any atom is 0.216 e. The summed E-state index contributed by atoms with van der Waals surface area (Å²) in [6.45, 7) is 0. The van der Waals surface area contributed by atoms with Crippen molar-refractivity contribution in [3.8, 4) is 0 Å². The zero-order chi connectivity index (χ0) is 7.56. The number of aromatic nitrogens is 1. The molecule has 1 heterocycles. The van der Waals surface area contributed by atoms with E-state index >= 15 is 0 Å². The molecule has 0 saturated heterocycles. The molecule has 1 aromatic rings. The first-order valence-corrected chi connectivity index (χ1v) is 4.12. The third kappa shape index (κ3) is 1.79. The van der Waals surface area contributed by atoms with E-state index in [-0.39, 0.29) is 0 Å². The lowest BCUT2D eigenvalue weighted by molar-refractivity contribution is 0.449. The SMILES string of the molecule is FC(Cl)c1ncccc1I. The molecule has 1 rings (SSSR count). The third-order valence-corrected chi connectivity index (χ3v) is 2.11. The smallest absolute Gasteiger partial charge is 0.216 e. The Kier molecular flexibility index (Phi) is 2.85. The fourth-order valence-electron chi connectivity index (χ4n) is 0.558. The Morgan fingerprint density at radius 2 is 2.40 bits per heavy atom. The van der Waals surface area contributed by atoms with Crippen LogP contribution in [0.15, 0.2) is 18.3 Å². The molecule has 10 heavy (non-hydrogen) atoms. The zero-order valence-electron chi connectivity index (χ0n) is 4.89. The van der Waals surface area contributed by atoms with Crippen molar-refractivity contribution < 1.29 is 4.39 Å². The lowest BCUT2D eigenvalue weighted by Crippen LogP contribution is -1.91. The van der Waals surface area contributed by atoms with Crippen LogP contribution in [0.5, 0.6) is 0 Å². The van der Waals surface area contributed by atoms with Gasteiger partial charge in [-0.3, -0.25) is 4.98 Å². The van der Waals surface area contributed by atoms with Gasteiger partial charge in [0.25, 0.3) is 0 Å². The molecule has 0 amide bonds. The molecule has 0 saturated carbocycles. The normalized spacial score (nSPS) is 13.1. The zero-order valence-corrected chi connectivity index (χ0v) is 7.80. The van der Waals surface area contributed by atoms with Crippen molar-refractivity contribution >= 4 is 34.2 Å². The molecule has 0 bridgehead atoms. The minimum Gasteiger partial charge on any atom is -0.256 e. The highest BCUT2D eigenvalue weighted by Gasteiger charge is 2.09. The summed E-state index contributed by atoms with van der Waals surface area (Å²) in [5.41, 5.74) is -1.20. The van der Waals surface area contributed by atoms with Gasteiger partial charge in [0.2, 0.25) is 5.63 Å².